The van der Waals surface area contributed by atoms with Crippen LogP contribution in [-0.4, -0.2) is 52.5 Å². The molecule has 110 valence electrons. The lowest BCUT2D eigenvalue weighted by Gasteiger charge is -2.46. The van der Waals surface area contributed by atoms with Crippen LogP contribution in [0.5, 0.6) is 0 Å². The van der Waals surface area contributed by atoms with Gasteiger partial charge >= 0.3 is 0 Å². The van der Waals surface area contributed by atoms with Crippen molar-refractivity contribution in [2.45, 2.75) is 26.3 Å². The molecule has 5 nitrogen and oxygen atoms in total. The van der Waals surface area contributed by atoms with Crippen LogP contribution in [-0.2, 0) is 6.42 Å². The van der Waals surface area contributed by atoms with E-state index in [1.807, 2.05) is 0 Å². The van der Waals surface area contributed by atoms with Gasteiger partial charge in [0.2, 0.25) is 0 Å². The molecule has 1 aromatic heterocycles. The predicted octanol–water partition coefficient (Wildman–Crippen LogP) is 1.40. The average Bonchev–Trinajstić information content (AvgIpc) is 2.44. The van der Waals surface area contributed by atoms with Crippen LogP contribution < -0.4 is 5.56 Å². The summed E-state index contributed by atoms with van der Waals surface area (Å²) in [5.41, 5.74) is 0.833. The van der Waals surface area contributed by atoms with Gasteiger partial charge in [-0.1, -0.05) is 13.8 Å². The number of nitrogens with one attached hydrogen (secondary N) is 1. The normalized spacial score (nSPS) is 29.1. The lowest BCUT2D eigenvalue weighted by atomic mass is 10.1. The van der Waals surface area contributed by atoms with Gasteiger partial charge in [-0.15, -0.1) is 0 Å². The summed E-state index contributed by atoms with van der Waals surface area (Å²) in [7, 11) is 0. The van der Waals surface area contributed by atoms with Crippen molar-refractivity contribution in [2.75, 3.05) is 32.7 Å². The number of nitrogens with zero attached hydrogens (tertiary/aromatic N) is 3. The molecular formula is C14H21BrN4O. The molecule has 0 amide bonds. The van der Waals surface area contributed by atoms with Gasteiger partial charge in [-0.05, 0) is 28.3 Å². The van der Waals surface area contributed by atoms with Crippen LogP contribution in [0.3, 0.4) is 0 Å². The van der Waals surface area contributed by atoms with Crippen molar-refractivity contribution in [3.05, 3.63) is 26.3 Å². The first-order valence-corrected chi connectivity index (χ1v) is 8.09. The zero-order valence-electron chi connectivity index (χ0n) is 12.0. The number of aromatic nitrogens is 2. The first-order chi connectivity index (χ1) is 9.54. The Hall–Kier alpha value is -0.720. The highest BCUT2D eigenvalue weighted by Crippen LogP contribution is 2.27. The average molecular weight is 341 g/mol. The van der Waals surface area contributed by atoms with E-state index in [9.17, 15) is 4.79 Å². The minimum absolute atomic E-state index is 0.0525. The van der Waals surface area contributed by atoms with Crippen molar-refractivity contribution in [2.24, 2.45) is 5.92 Å². The Balaban J connectivity index is 1.93. The summed E-state index contributed by atoms with van der Waals surface area (Å²) < 4.78 is 0.589. The fraction of sp³-hybridized carbons (Fsp3) is 0.714. The number of rotatable bonds is 3. The first-order valence-electron chi connectivity index (χ1n) is 7.29. The summed E-state index contributed by atoms with van der Waals surface area (Å²) in [4.78, 5) is 24.7. The summed E-state index contributed by atoms with van der Waals surface area (Å²) in [6.07, 6.45) is 0.827. The Morgan fingerprint density at radius 3 is 2.60 bits per heavy atom. The van der Waals surface area contributed by atoms with Crippen LogP contribution in [0.2, 0.25) is 0 Å². The monoisotopic (exact) mass is 340 g/mol. The maximum absolute atomic E-state index is 12.1. The Kier molecular flexibility index (Phi) is 3.97. The number of aromatic amines is 1. The highest BCUT2D eigenvalue weighted by Gasteiger charge is 2.34. The second-order valence-corrected chi connectivity index (χ2v) is 6.96. The molecule has 0 aliphatic carbocycles. The van der Waals surface area contributed by atoms with E-state index < -0.39 is 0 Å². The van der Waals surface area contributed by atoms with E-state index in [0.717, 1.165) is 50.7 Å². The van der Waals surface area contributed by atoms with E-state index in [-0.39, 0.29) is 11.6 Å². The number of fused-ring (bicyclic) bond motifs is 3. The molecule has 1 unspecified atom stereocenters. The molecule has 3 fully saturated rings. The third-order valence-electron chi connectivity index (χ3n) is 4.15. The largest absolute Gasteiger partial charge is 0.308 e. The lowest BCUT2D eigenvalue weighted by molar-refractivity contribution is 0.00843. The zero-order chi connectivity index (χ0) is 14.3. The minimum Gasteiger partial charge on any atom is -0.308 e. The summed E-state index contributed by atoms with van der Waals surface area (Å²) in [5.74, 6) is 1.32. The van der Waals surface area contributed by atoms with Crippen molar-refractivity contribution in [3.8, 4) is 0 Å². The molecule has 20 heavy (non-hydrogen) atoms. The molecule has 3 saturated heterocycles. The maximum atomic E-state index is 12.1. The molecule has 3 aliphatic rings. The molecule has 4 heterocycles. The highest BCUT2D eigenvalue weighted by atomic mass is 79.9. The highest BCUT2D eigenvalue weighted by molar-refractivity contribution is 9.10. The third kappa shape index (κ3) is 2.69. The van der Waals surface area contributed by atoms with Crippen molar-refractivity contribution >= 4 is 15.9 Å². The quantitative estimate of drug-likeness (QED) is 0.903. The number of hydrogen-bond acceptors (Lipinski definition) is 4. The molecule has 0 radical (unpaired) electrons. The van der Waals surface area contributed by atoms with Crippen LogP contribution in [0.15, 0.2) is 9.27 Å². The van der Waals surface area contributed by atoms with Crippen molar-refractivity contribution in [3.63, 3.8) is 0 Å². The smallest absolute Gasteiger partial charge is 0.265 e. The van der Waals surface area contributed by atoms with Crippen molar-refractivity contribution in [1.29, 1.82) is 0 Å². The van der Waals surface area contributed by atoms with Crippen LogP contribution in [0, 0.1) is 5.92 Å². The van der Waals surface area contributed by atoms with E-state index in [4.69, 9.17) is 4.98 Å². The SMILES string of the molecule is CC(C)Cc1nc(C2CN3CCN2CC3)[nH]c(=O)c1Br. The molecule has 3 aliphatic heterocycles. The zero-order valence-corrected chi connectivity index (χ0v) is 13.6. The Morgan fingerprint density at radius 1 is 1.35 bits per heavy atom. The van der Waals surface area contributed by atoms with Gasteiger partial charge < -0.3 is 4.98 Å². The maximum Gasteiger partial charge on any atom is 0.265 e. The van der Waals surface area contributed by atoms with Crippen LogP contribution in [0.4, 0.5) is 0 Å². The van der Waals surface area contributed by atoms with Gasteiger partial charge in [0.1, 0.15) is 10.3 Å². The Morgan fingerprint density at radius 2 is 2.05 bits per heavy atom. The van der Waals surface area contributed by atoms with Gasteiger partial charge in [-0.25, -0.2) is 4.98 Å². The van der Waals surface area contributed by atoms with E-state index in [2.05, 4.69) is 44.6 Å². The van der Waals surface area contributed by atoms with Crippen LogP contribution in [0.25, 0.3) is 0 Å². The predicted molar refractivity (Wildman–Crippen MR) is 81.9 cm³/mol. The summed E-state index contributed by atoms with van der Waals surface area (Å²) >= 11 is 3.38. The van der Waals surface area contributed by atoms with Gasteiger partial charge in [-0.3, -0.25) is 14.6 Å². The topological polar surface area (TPSA) is 52.2 Å². The van der Waals surface area contributed by atoms with E-state index in [1.165, 1.54) is 0 Å². The Labute approximate surface area is 127 Å². The summed E-state index contributed by atoms with van der Waals surface area (Å²) in [6.45, 7) is 9.69. The number of piperazine rings is 3. The molecule has 4 rings (SSSR count). The second-order valence-electron chi connectivity index (χ2n) is 6.16. The third-order valence-corrected chi connectivity index (χ3v) is 4.96. The number of H-pyrrole nitrogens is 1. The Bertz CT molecular complexity index is 549. The van der Waals surface area contributed by atoms with Crippen LogP contribution in [0.1, 0.15) is 31.4 Å². The molecule has 2 bridgehead atoms. The number of halogens is 1. The van der Waals surface area contributed by atoms with Gasteiger partial charge in [0, 0.05) is 32.7 Å². The van der Waals surface area contributed by atoms with Crippen molar-refractivity contribution < 1.29 is 0 Å². The summed E-state index contributed by atoms with van der Waals surface area (Å²) in [5, 5.41) is 0. The van der Waals surface area contributed by atoms with Crippen molar-refractivity contribution in [1.82, 2.24) is 19.8 Å². The molecular weight excluding hydrogens is 320 g/mol. The fourth-order valence-corrected chi connectivity index (χ4v) is 3.43. The molecule has 0 aromatic carbocycles. The lowest BCUT2D eigenvalue weighted by Crippen LogP contribution is -2.57. The van der Waals surface area contributed by atoms with Gasteiger partial charge in [-0.2, -0.15) is 0 Å². The van der Waals surface area contributed by atoms with Gasteiger partial charge in [0.15, 0.2) is 0 Å². The number of hydrogen-bond donors (Lipinski definition) is 1. The van der Waals surface area contributed by atoms with E-state index in [1.54, 1.807) is 0 Å². The second kappa shape index (κ2) is 5.58. The first kappa shape index (κ1) is 14.2. The summed E-state index contributed by atoms with van der Waals surface area (Å²) in [6, 6.07) is 0.240. The molecule has 1 atom stereocenters. The van der Waals surface area contributed by atoms with Gasteiger partial charge in [0.05, 0.1) is 11.7 Å². The molecule has 6 heteroatoms. The van der Waals surface area contributed by atoms with E-state index >= 15 is 0 Å². The standard InChI is InChI=1S/C14H21BrN4O/c1-9(2)7-10-12(15)14(20)17-13(16-10)11-8-18-3-5-19(11)6-4-18/h9,11H,3-8H2,1-2H3,(H,16,17,20). The van der Waals surface area contributed by atoms with Crippen LogP contribution >= 0.6 is 15.9 Å². The van der Waals surface area contributed by atoms with E-state index in [0.29, 0.717) is 10.4 Å². The molecule has 1 N–H and O–H groups in total. The molecule has 0 saturated carbocycles. The fourth-order valence-electron chi connectivity index (χ4n) is 3.08. The molecule has 1 aromatic rings. The van der Waals surface area contributed by atoms with Gasteiger partial charge in [0.25, 0.3) is 5.56 Å². The minimum atomic E-state index is -0.0525. The molecule has 0 spiro atoms.